The summed E-state index contributed by atoms with van der Waals surface area (Å²) in [5.41, 5.74) is -3.78. The maximum atomic E-state index is 14.6. The first-order chi connectivity index (χ1) is 56.2. The average Bonchev–Trinajstić information content (AvgIpc) is 1.62. The van der Waals surface area contributed by atoms with Crippen molar-refractivity contribution in [2.75, 3.05) is 27.5 Å². The molecule has 4 aliphatic rings. The van der Waals surface area contributed by atoms with Crippen LogP contribution in [0.15, 0.2) is 25.3 Å². The third-order valence-electron chi connectivity index (χ3n) is 20.0. The molecule has 119 heavy (non-hydrogen) atoms. The lowest BCUT2D eigenvalue weighted by Crippen LogP contribution is -2.41. The molecule has 4 aliphatic heterocycles. The number of imidazole rings is 4. The molecular weight excluding hydrogens is 1580 g/mol. The molecule has 8 aromatic rings. The van der Waals surface area contributed by atoms with Crippen molar-refractivity contribution in [2.45, 2.75) is 272 Å². The Bertz CT molecular complexity index is 5050. The largest absolute Gasteiger partial charge is 0.444 e. The molecule has 8 aromatic heterocycles. The molecule has 34 nitrogen and oxygen atoms in total. The van der Waals surface area contributed by atoms with Crippen LogP contribution in [0.25, 0.3) is 44.7 Å². The summed E-state index contributed by atoms with van der Waals surface area (Å²) in [6.45, 7) is 29.0. The van der Waals surface area contributed by atoms with E-state index in [0.717, 1.165) is 11.3 Å². The third-order valence-corrected chi connectivity index (χ3v) is 20.2. The molecule has 0 aliphatic carbocycles. The second kappa shape index (κ2) is 39.3. The molecule has 0 bridgehead atoms. The number of rotatable bonds is 20. The van der Waals surface area contributed by atoms with E-state index in [4.69, 9.17) is 65.7 Å². The molecule has 4 fully saturated rings. The minimum absolute atomic E-state index is 0.0392. The summed E-state index contributed by atoms with van der Waals surface area (Å²) in [5.74, 6) is 9.34. The van der Waals surface area contributed by atoms with E-state index in [1.165, 1.54) is 29.9 Å². The number of carbonyl (C=O) groups excluding carboxylic acids is 6. The smallest absolute Gasteiger partial charge is 0.423 e. The summed E-state index contributed by atoms with van der Waals surface area (Å²) >= 11 is 4.94. The van der Waals surface area contributed by atoms with Gasteiger partial charge in [-0.2, -0.15) is 62.3 Å². The number of terminal acetylenes is 4. The van der Waals surface area contributed by atoms with Crippen LogP contribution in [-0.2, 0) is 47.6 Å². The predicted molar refractivity (Wildman–Crippen MR) is 429 cm³/mol. The Labute approximate surface area is 690 Å². The number of nitrogens with zero attached hydrogens (tertiary/aromatic N) is 17. The quantitative estimate of drug-likeness (QED) is 0.0205. The Morgan fingerprint density at radius 2 is 0.815 bits per heavy atom. The molecule has 0 radical (unpaired) electrons. The van der Waals surface area contributed by atoms with Gasteiger partial charge in [0.15, 0.2) is 73.5 Å². The van der Waals surface area contributed by atoms with Crippen molar-refractivity contribution in [3.63, 3.8) is 0 Å². The van der Waals surface area contributed by atoms with Crippen LogP contribution in [-0.4, -0.2) is 170 Å². The maximum absolute atomic E-state index is 14.6. The van der Waals surface area contributed by atoms with Crippen molar-refractivity contribution >= 4 is 115 Å². The third kappa shape index (κ3) is 21.4. The SMILES string of the molecule is C#C[C@]1(CC)O[C@@H](n2cnc3c(N(C(=O)CCC)C(=O)OC(C)(C)C)nc(F)nc32)C[C@@H]1C.C#C[C@]1(CC)O[C@@H](n2cnc3c(NC(=O)CCC)nc(F)nc32)C[C@@H]1C.C#C[C@]1(CC)O[C@@H](n2cnc3c(NC(=O)OC(C)(C)C)nc(F)nc32)C[C@@H]1C.C#C[C@]1(CO)O[C@@H](n2cnc3c(NC(=O)CCC)nc(F)nc32)C[C@@H]1O.CCCC(=O)Cl. The van der Waals surface area contributed by atoms with Crippen LogP contribution >= 0.6 is 11.6 Å². The lowest BCUT2D eigenvalue weighted by molar-refractivity contribution is -0.118. The molecule has 0 spiro atoms. The maximum Gasteiger partial charge on any atom is 0.423 e. The second-order valence-electron chi connectivity index (χ2n) is 30.7. The van der Waals surface area contributed by atoms with E-state index in [0.29, 0.717) is 76.1 Å². The van der Waals surface area contributed by atoms with Gasteiger partial charge in [-0.25, -0.2) is 29.5 Å². The number of aromatic nitrogens is 16. The highest BCUT2D eigenvalue weighted by molar-refractivity contribution is 6.63. The van der Waals surface area contributed by atoms with Crippen molar-refractivity contribution in [2.24, 2.45) is 17.8 Å². The molecule has 12 atom stereocenters. The summed E-state index contributed by atoms with van der Waals surface area (Å²) in [7, 11) is 0. The number of hydrogen-bond donors (Lipinski definition) is 5. The zero-order valence-electron chi connectivity index (χ0n) is 69.3. The van der Waals surface area contributed by atoms with Crippen LogP contribution in [0.4, 0.5) is 50.4 Å². The van der Waals surface area contributed by atoms with Gasteiger partial charge >= 0.3 is 36.5 Å². The number of aliphatic hydroxyl groups excluding tert-OH is 2. The Balaban J connectivity index is 0.000000194. The van der Waals surface area contributed by atoms with Gasteiger partial charge in [0.1, 0.15) is 59.0 Å². The molecule has 0 saturated carbocycles. The number of carbonyl (C=O) groups is 6. The first-order valence-corrected chi connectivity index (χ1v) is 39.4. The molecule has 12 heterocycles. The van der Waals surface area contributed by atoms with Crippen molar-refractivity contribution in [3.05, 3.63) is 49.6 Å². The molecule has 5 N–H and O–H groups in total. The summed E-state index contributed by atoms with van der Waals surface area (Å²) in [6, 6.07) is 0. The van der Waals surface area contributed by atoms with Gasteiger partial charge in [-0.1, -0.05) is 92.9 Å². The van der Waals surface area contributed by atoms with E-state index in [2.05, 4.69) is 99.4 Å². The number of amides is 5. The van der Waals surface area contributed by atoms with Crippen molar-refractivity contribution in [1.82, 2.24) is 78.1 Å². The van der Waals surface area contributed by atoms with Gasteiger partial charge in [-0.3, -0.25) is 42.8 Å². The first-order valence-electron chi connectivity index (χ1n) is 39.0. The van der Waals surface area contributed by atoms with E-state index in [-0.39, 0.29) is 116 Å². The summed E-state index contributed by atoms with van der Waals surface area (Å²) in [5, 5.41) is 26.9. The van der Waals surface area contributed by atoms with Crippen LogP contribution in [0.3, 0.4) is 0 Å². The molecule has 12 rings (SSSR count). The fourth-order valence-corrected chi connectivity index (χ4v) is 14.0. The van der Waals surface area contributed by atoms with Gasteiger partial charge in [0.25, 0.3) is 0 Å². The zero-order valence-corrected chi connectivity index (χ0v) is 70.1. The van der Waals surface area contributed by atoms with Crippen LogP contribution in [0.5, 0.6) is 0 Å². The van der Waals surface area contributed by atoms with Gasteiger partial charge in [-0.15, -0.1) is 25.7 Å². The van der Waals surface area contributed by atoms with Crippen molar-refractivity contribution in [1.29, 1.82) is 0 Å². The van der Waals surface area contributed by atoms with Crippen molar-refractivity contribution < 1.29 is 85.0 Å². The van der Waals surface area contributed by atoms with Crippen LogP contribution < -0.4 is 20.9 Å². The number of fused-ring (bicyclic) bond motifs is 4. The Hall–Kier alpha value is -11.0. The lowest BCUT2D eigenvalue weighted by Gasteiger charge is -2.26. The van der Waals surface area contributed by atoms with Crippen LogP contribution in [0.2, 0.25) is 0 Å². The number of anilines is 4. The van der Waals surface area contributed by atoms with Gasteiger partial charge < -0.3 is 49.3 Å². The highest BCUT2D eigenvalue weighted by Crippen LogP contribution is 2.47. The molecule has 0 aromatic carbocycles. The number of aliphatic hydroxyl groups is 2. The molecular formula is C80H101ClF4N20O14. The number of halogens is 5. The molecule has 39 heteroatoms. The number of hydrogen-bond acceptors (Lipinski definition) is 26. The van der Waals surface area contributed by atoms with Crippen LogP contribution in [0, 0.1) is 91.4 Å². The fourth-order valence-electron chi connectivity index (χ4n) is 13.8. The number of imide groups is 1. The number of ether oxygens (including phenoxy) is 6. The molecule has 4 saturated heterocycles. The highest BCUT2D eigenvalue weighted by Gasteiger charge is 2.50. The average molecular weight is 1680 g/mol. The highest BCUT2D eigenvalue weighted by atomic mass is 35.5. The number of nitrogens with one attached hydrogen (secondary N) is 3. The summed E-state index contributed by atoms with van der Waals surface area (Å²) in [6.07, 6.45) is 26.8. The monoisotopic (exact) mass is 1680 g/mol. The summed E-state index contributed by atoms with van der Waals surface area (Å²) < 4.78 is 97.3. The summed E-state index contributed by atoms with van der Waals surface area (Å²) in [4.78, 5) is 119. The Kier molecular flexibility index (Phi) is 30.9. The predicted octanol–water partition coefficient (Wildman–Crippen LogP) is 13.0. The van der Waals surface area contributed by atoms with Gasteiger partial charge in [0, 0.05) is 49.9 Å². The lowest BCUT2D eigenvalue weighted by atomic mass is 9.87. The topological polar surface area (TPSA) is 412 Å². The second-order valence-corrected chi connectivity index (χ2v) is 31.2. The Morgan fingerprint density at radius 3 is 1.11 bits per heavy atom. The van der Waals surface area contributed by atoms with Gasteiger partial charge in [0.05, 0.1) is 31.9 Å². The van der Waals surface area contributed by atoms with E-state index < -0.39 is 114 Å². The minimum atomic E-state index is -1.55. The van der Waals surface area contributed by atoms with Gasteiger partial charge in [0.2, 0.25) is 23.0 Å². The van der Waals surface area contributed by atoms with E-state index in [1.54, 1.807) is 62.2 Å². The normalized spacial score (nSPS) is 23.7. The van der Waals surface area contributed by atoms with Crippen molar-refractivity contribution in [3.8, 4) is 49.4 Å². The molecule has 640 valence electrons. The fraction of sp³-hybridized carbons (Fsp3) is 0.575. The zero-order chi connectivity index (χ0) is 88.0. The standard InChI is InChI=1S/C23H30FN5O4.C19H24FN5O3.C18H22FN5O2.C16H18FN5O4.C4H7ClO/c1-8-11-15(30)29(21(31)33-22(5,6)7)19-17-18(26-20(24)27-19)28(13-25-17)16-12-14(4)23(9-2,10-3)32-16;1-7-19(8-2)11(3)9-12(27-19)25-10-21-13-14(22-16(20)24-15(13)25)23-17(26)28-18(4,5)6;1-5-8-12(25)21-15-14-16(23-17(19)22-15)24(10-20-14)13-9-11(4)18(6-2,7-3)26-13;1-3-5-10(25)19-13-12-14(21-15(17)20-13)22(8-18-12)11-6-9(24)16(4-2,7-23)26-11;1-2-3-4(5)6/h2,13-14,16H,8,10-12H2,1,3-7H3;1,10-12H,8-9H2,2-6H3,(H,22,23,24,26);2,10-11,13H,5,7-9H2,1,3-4H3,(H,21,22,23,25);2,8-9,11,23-24H,3,5-7H2,1H3,(H,19,20,21,25);2-3H2,1H3/t14-,16+,23+;11-,12+,19+;11-,13+,18+;9-,11+,16+;/m0000./s1. The Morgan fingerprint density at radius 1 is 0.496 bits per heavy atom. The van der Waals surface area contributed by atoms with E-state index >= 15 is 0 Å². The van der Waals surface area contributed by atoms with Crippen LogP contribution in [0.1, 0.15) is 232 Å². The van der Waals surface area contributed by atoms with Gasteiger partial charge in [-0.05, 0) is 117 Å². The molecule has 5 amide bonds. The van der Waals surface area contributed by atoms with E-state index in [1.807, 2.05) is 62.3 Å². The first kappa shape index (κ1) is 93.5. The molecule has 0 unspecified atom stereocenters. The van der Waals surface area contributed by atoms with E-state index in [9.17, 15) is 56.5 Å². The minimum Gasteiger partial charge on any atom is -0.444 e.